The van der Waals surface area contributed by atoms with Gasteiger partial charge in [0, 0.05) is 48.7 Å². The van der Waals surface area contributed by atoms with Crippen molar-refractivity contribution in [2.24, 2.45) is 0 Å². The van der Waals surface area contributed by atoms with Crippen molar-refractivity contribution in [2.45, 2.75) is 19.8 Å². The average Bonchev–Trinajstić information content (AvgIpc) is 4.12. The summed E-state index contributed by atoms with van der Waals surface area (Å²) in [6, 6.07) is 40.7. The van der Waals surface area contributed by atoms with Crippen LogP contribution in [0.15, 0.2) is 159 Å². The summed E-state index contributed by atoms with van der Waals surface area (Å²) < 4.78 is 16.5. The number of nitrogens with one attached hydrogen (secondary N) is 4. The van der Waals surface area contributed by atoms with Crippen LogP contribution in [0, 0.1) is 23.8 Å². The highest BCUT2D eigenvalue weighted by Gasteiger charge is 2.19. The summed E-state index contributed by atoms with van der Waals surface area (Å²) in [5, 5.41) is 33.9. The zero-order valence-corrected chi connectivity index (χ0v) is 35.3. The van der Waals surface area contributed by atoms with E-state index in [-0.39, 0.29) is 17.6 Å². The fourth-order valence-electron chi connectivity index (χ4n) is 6.33. The predicted octanol–water partition coefficient (Wildman–Crippen LogP) is 11.4. The Hall–Kier alpha value is -8.06. The number of carbonyl (C=O) groups is 3. The highest BCUT2D eigenvalue weighted by Crippen LogP contribution is 2.31. The van der Waals surface area contributed by atoms with E-state index in [0.717, 1.165) is 61.8 Å². The molecule has 17 heteroatoms. The standard InChI is InChI=1S/C18H18N2O.C17H10N2O5.C11H7IN2O4/c1-2-13-7-10-15(11-8-13)19-18(21)20-17-12-9-14-5-3-4-6-16(14)17;20-17(14-7-8-16(24-14)19(21)22)18-10-5-6-12-11-3-1-2-4-13(11)23-15(12)9-10;12-7-1-3-8(4-2-7)13-11(15)9-5-6-10(18-9)14(16)17/h3-8,10-12H,2,9H2,1H3,(H2,19,20,21);1-9H,(H,18,20);1-6H,(H,13,15). The molecule has 0 aliphatic heterocycles. The van der Waals surface area contributed by atoms with Gasteiger partial charge in [-0.05, 0) is 113 Å². The number of hydrogen-bond acceptors (Lipinski definition) is 10. The van der Waals surface area contributed by atoms with Crippen molar-refractivity contribution >= 4 is 96.9 Å². The molecule has 0 bridgehead atoms. The van der Waals surface area contributed by atoms with E-state index in [9.17, 15) is 34.6 Å². The minimum atomic E-state index is -0.697. The van der Waals surface area contributed by atoms with Gasteiger partial charge in [0.1, 0.15) is 21.0 Å². The molecule has 16 nitrogen and oxygen atoms in total. The quantitative estimate of drug-likeness (QED) is 0.0608. The molecule has 5 aromatic carbocycles. The highest BCUT2D eigenvalue weighted by molar-refractivity contribution is 14.1. The third kappa shape index (κ3) is 10.8. The first-order chi connectivity index (χ1) is 30.4. The molecule has 316 valence electrons. The zero-order valence-electron chi connectivity index (χ0n) is 33.1. The molecule has 1 aliphatic carbocycles. The number of allylic oxidation sites excluding steroid dienone is 1. The lowest BCUT2D eigenvalue weighted by atomic mass is 10.1. The number of amides is 4. The number of aryl methyl sites for hydroxylation is 1. The minimum absolute atomic E-state index is 0.0970. The molecule has 1 aliphatic rings. The number of para-hydroxylation sites is 1. The Morgan fingerprint density at radius 2 is 1.16 bits per heavy atom. The normalized spacial score (nSPS) is 11.2. The van der Waals surface area contributed by atoms with Gasteiger partial charge < -0.3 is 34.5 Å². The maximum absolute atomic E-state index is 12.1. The summed E-state index contributed by atoms with van der Waals surface area (Å²) >= 11 is 2.15. The lowest BCUT2D eigenvalue weighted by Gasteiger charge is -2.10. The second-order valence-electron chi connectivity index (χ2n) is 13.6. The smallest absolute Gasteiger partial charge is 0.433 e. The number of carbonyl (C=O) groups excluding carboxylic acids is 3. The van der Waals surface area contributed by atoms with E-state index in [1.165, 1.54) is 23.3 Å². The van der Waals surface area contributed by atoms with Crippen molar-refractivity contribution < 1.29 is 37.5 Å². The van der Waals surface area contributed by atoms with E-state index in [2.05, 4.69) is 56.8 Å². The Balaban J connectivity index is 0.000000143. The van der Waals surface area contributed by atoms with Crippen molar-refractivity contribution in [2.75, 3.05) is 16.0 Å². The van der Waals surface area contributed by atoms with Crippen LogP contribution in [0.3, 0.4) is 0 Å². The van der Waals surface area contributed by atoms with Crippen LogP contribution in [0.5, 0.6) is 0 Å². The van der Waals surface area contributed by atoms with Gasteiger partial charge in [0.25, 0.3) is 11.8 Å². The van der Waals surface area contributed by atoms with E-state index < -0.39 is 33.4 Å². The van der Waals surface area contributed by atoms with Crippen LogP contribution in [-0.2, 0) is 12.8 Å². The molecule has 4 amide bonds. The molecule has 4 N–H and O–H groups in total. The van der Waals surface area contributed by atoms with E-state index >= 15 is 0 Å². The van der Waals surface area contributed by atoms with Crippen molar-refractivity contribution in [1.82, 2.24) is 5.32 Å². The van der Waals surface area contributed by atoms with E-state index in [1.54, 1.807) is 24.3 Å². The van der Waals surface area contributed by atoms with Crippen molar-refractivity contribution in [3.8, 4) is 0 Å². The first kappa shape index (κ1) is 43.0. The van der Waals surface area contributed by atoms with E-state index in [4.69, 9.17) is 13.3 Å². The molecule has 0 fully saturated rings. The van der Waals surface area contributed by atoms with Gasteiger partial charge in [-0.1, -0.05) is 67.6 Å². The highest BCUT2D eigenvalue weighted by atomic mass is 127. The van der Waals surface area contributed by atoms with Gasteiger partial charge in [0.05, 0.1) is 12.1 Å². The second kappa shape index (κ2) is 19.5. The number of anilines is 3. The Bertz CT molecular complexity index is 3010. The van der Waals surface area contributed by atoms with Crippen LogP contribution in [0.1, 0.15) is 44.7 Å². The molecule has 8 aromatic rings. The SMILES string of the molecule is CCc1ccc(NC(=O)NC2=CCc3ccccc32)cc1.O=C(Nc1ccc(I)cc1)c1ccc([N+](=O)[O-])o1.O=C(Nc1ccc2c(c1)oc1ccccc12)c1ccc([N+](=O)[O-])o1. The molecule has 63 heavy (non-hydrogen) atoms. The molecule has 0 spiro atoms. The number of halogens is 1. The van der Waals surface area contributed by atoms with Crippen molar-refractivity contribution in [1.29, 1.82) is 0 Å². The van der Waals surface area contributed by atoms with Gasteiger partial charge in [-0.3, -0.25) is 29.8 Å². The number of furan rings is 3. The average molecular weight is 959 g/mol. The summed E-state index contributed by atoms with van der Waals surface area (Å²) in [6.07, 6.45) is 3.91. The first-order valence-corrected chi connectivity index (χ1v) is 20.3. The lowest BCUT2D eigenvalue weighted by molar-refractivity contribution is -0.402. The van der Waals surface area contributed by atoms with E-state index in [1.807, 2.05) is 91.0 Å². The maximum Gasteiger partial charge on any atom is 0.433 e. The molecule has 0 atom stereocenters. The largest absolute Gasteiger partial charge is 0.456 e. The predicted molar refractivity (Wildman–Crippen MR) is 246 cm³/mol. The van der Waals surface area contributed by atoms with Gasteiger partial charge >= 0.3 is 17.8 Å². The Labute approximate surface area is 371 Å². The summed E-state index contributed by atoms with van der Waals surface area (Å²) in [5.74, 6) is -2.26. The summed E-state index contributed by atoms with van der Waals surface area (Å²) in [7, 11) is 0. The molecular formula is C46H35IN6O10. The van der Waals surface area contributed by atoms with Crippen LogP contribution in [0.25, 0.3) is 27.6 Å². The minimum Gasteiger partial charge on any atom is -0.456 e. The molecule has 0 saturated carbocycles. The van der Waals surface area contributed by atoms with Crippen LogP contribution in [0.4, 0.5) is 33.6 Å². The van der Waals surface area contributed by atoms with Gasteiger partial charge in [-0.25, -0.2) is 4.79 Å². The molecule has 0 unspecified atom stereocenters. The molecule has 0 saturated heterocycles. The van der Waals surface area contributed by atoms with E-state index in [0.29, 0.717) is 17.0 Å². The van der Waals surface area contributed by atoms with Crippen LogP contribution in [0.2, 0.25) is 0 Å². The molecule has 3 aromatic heterocycles. The Morgan fingerprint density at radius 1 is 0.603 bits per heavy atom. The van der Waals surface area contributed by atoms with Crippen molar-refractivity contribution in [3.05, 3.63) is 198 Å². The third-order valence-corrected chi connectivity index (χ3v) is 10.2. The van der Waals surface area contributed by atoms with Gasteiger partial charge in [-0.2, -0.15) is 0 Å². The number of rotatable bonds is 9. The monoisotopic (exact) mass is 958 g/mol. The fraction of sp³-hybridized carbons (Fsp3) is 0.0652. The number of nitro groups is 2. The summed E-state index contributed by atoms with van der Waals surface area (Å²) in [4.78, 5) is 55.5. The number of urea groups is 1. The van der Waals surface area contributed by atoms with Gasteiger partial charge in [-0.15, -0.1) is 0 Å². The zero-order chi connectivity index (χ0) is 44.5. The van der Waals surface area contributed by atoms with Crippen LogP contribution in [-0.4, -0.2) is 27.7 Å². The van der Waals surface area contributed by atoms with Crippen LogP contribution >= 0.6 is 22.6 Å². The Kier molecular flexibility index (Phi) is 13.4. The third-order valence-electron chi connectivity index (χ3n) is 9.43. The second-order valence-corrected chi connectivity index (χ2v) is 14.9. The maximum atomic E-state index is 12.1. The Morgan fingerprint density at radius 3 is 1.79 bits per heavy atom. The molecule has 3 heterocycles. The summed E-state index contributed by atoms with van der Waals surface area (Å²) in [6.45, 7) is 2.11. The number of fused-ring (bicyclic) bond motifs is 4. The molecule has 0 radical (unpaired) electrons. The fourth-order valence-corrected chi connectivity index (χ4v) is 6.69. The molecule has 9 rings (SSSR count). The van der Waals surface area contributed by atoms with Gasteiger partial charge in [0.2, 0.25) is 0 Å². The number of nitrogens with zero attached hydrogens (tertiary/aromatic N) is 2. The number of benzene rings is 5. The van der Waals surface area contributed by atoms with Gasteiger partial charge in [0.15, 0.2) is 11.5 Å². The molecular weight excluding hydrogens is 923 g/mol. The van der Waals surface area contributed by atoms with Crippen molar-refractivity contribution in [3.63, 3.8) is 0 Å². The summed E-state index contributed by atoms with van der Waals surface area (Å²) in [5.41, 5.74) is 7.80. The lowest BCUT2D eigenvalue weighted by Crippen LogP contribution is -2.26. The topological polar surface area (TPSA) is 225 Å². The van der Waals surface area contributed by atoms with Crippen LogP contribution < -0.4 is 21.3 Å². The number of hydrogen-bond donors (Lipinski definition) is 4. The first-order valence-electron chi connectivity index (χ1n) is 19.2.